The Morgan fingerprint density at radius 3 is 2.65 bits per heavy atom. The summed E-state index contributed by atoms with van der Waals surface area (Å²) in [6.45, 7) is 4.29. The topological polar surface area (TPSA) is 116 Å². The Hall–Kier alpha value is -2.09. The van der Waals surface area contributed by atoms with Crippen LogP contribution >= 0.6 is 0 Å². The number of aliphatic hydroxyl groups excluding tert-OH is 1. The predicted molar refractivity (Wildman–Crippen MR) is 71.4 cm³/mol. The first kappa shape index (κ1) is 16.0. The molecular weight excluding hydrogens is 264 g/mol. The van der Waals surface area contributed by atoms with Crippen LogP contribution in [0.1, 0.15) is 17.8 Å². The average Bonchev–Trinajstić information content (AvgIpc) is 2.70. The zero-order chi connectivity index (χ0) is 15.1. The third-order valence-corrected chi connectivity index (χ3v) is 2.72. The fourth-order valence-corrected chi connectivity index (χ4v) is 1.73. The Balaban J connectivity index is 2.25. The lowest BCUT2D eigenvalue weighted by molar-refractivity contribution is -0.140. The zero-order valence-corrected chi connectivity index (χ0v) is 11.6. The van der Waals surface area contributed by atoms with Gasteiger partial charge in [0, 0.05) is 18.8 Å². The number of hydrogen-bond acceptors (Lipinski definition) is 4. The standard InChI is InChI=1S/C12H20N4O4/c1-8-6-9(2)16(15-8)5-3-4-13-12(20)14-10(7-17)11(18)19/h6,10,17H,3-5,7H2,1-2H3,(H,18,19)(H2,13,14,20)/t10-/m1/s1. The molecule has 1 aromatic rings. The first-order chi connectivity index (χ1) is 9.43. The van der Waals surface area contributed by atoms with Gasteiger partial charge in [-0.2, -0.15) is 5.10 Å². The number of nitrogens with one attached hydrogen (secondary N) is 2. The van der Waals surface area contributed by atoms with Gasteiger partial charge in [0.15, 0.2) is 6.04 Å². The highest BCUT2D eigenvalue weighted by atomic mass is 16.4. The molecule has 0 aliphatic carbocycles. The van der Waals surface area contributed by atoms with Crippen LogP contribution in [0.3, 0.4) is 0 Å². The number of carbonyl (C=O) groups is 2. The molecule has 112 valence electrons. The molecule has 0 fully saturated rings. The quantitative estimate of drug-likeness (QED) is 0.510. The van der Waals surface area contributed by atoms with Crippen LogP contribution < -0.4 is 10.6 Å². The minimum absolute atomic E-state index is 0.391. The van der Waals surface area contributed by atoms with E-state index >= 15 is 0 Å². The van der Waals surface area contributed by atoms with Crippen molar-refractivity contribution in [3.63, 3.8) is 0 Å². The van der Waals surface area contributed by atoms with Gasteiger partial charge in [-0.25, -0.2) is 9.59 Å². The summed E-state index contributed by atoms with van der Waals surface area (Å²) in [6, 6.07) is 0.0737. The van der Waals surface area contributed by atoms with Crippen LogP contribution in [0.2, 0.25) is 0 Å². The second-order valence-electron chi connectivity index (χ2n) is 4.48. The Labute approximate surface area is 116 Å². The summed E-state index contributed by atoms with van der Waals surface area (Å²) in [5, 5.41) is 26.4. The van der Waals surface area contributed by atoms with Crippen molar-refractivity contribution < 1.29 is 19.8 Å². The van der Waals surface area contributed by atoms with Gasteiger partial charge in [0.25, 0.3) is 0 Å². The average molecular weight is 284 g/mol. The van der Waals surface area contributed by atoms with Gasteiger partial charge in [-0.15, -0.1) is 0 Å². The van der Waals surface area contributed by atoms with E-state index in [1.54, 1.807) is 0 Å². The van der Waals surface area contributed by atoms with Gasteiger partial charge in [0.05, 0.1) is 12.3 Å². The van der Waals surface area contributed by atoms with Crippen LogP contribution in [0.4, 0.5) is 4.79 Å². The summed E-state index contributed by atoms with van der Waals surface area (Å²) < 4.78 is 1.85. The Morgan fingerprint density at radius 2 is 2.15 bits per heavy atom. The monoisotopic (exact) mass is 284 g/mol. The van der Waals surface area contributed by atoms with Gasteiger partial charge in [-0.05, 0) is 26.3 Å². The number of hydrogen-bond donors (Lipinski definition) is 4. The summed E-state index contributed by atoms with van der Waals surface area (Å²) in [5.74, 6) is -1.27. The van der Waals surface area contributed by atoms with E-state index in [1.807, 2.05) is 24.6 Å². The van der Waals surface area contributed by atoms with Crippen LogP contribution in [0.5, 0.6) is 0 Å². The molecule has 1 atom stereocenters. The molecular formula is C12H20N4O4. The number of rotatable bonds is 7. The number of nitrogens with zero attached hydrogens (tertiary/aromatic N) is 2. The molecule has 0 unspecified atom stereocenters. The maximum Gasteiger partial charge on any atom is 0.328 e. The number of carboxylic acid groups (broad SMARTS) is 1. The van der Waals surface area contributed by atoms with Crippen LogP contribution in [0.25, 0.3) is 0 Å². The molecule has 0 aliphatic rings. The van der Waals surface area contributed by atoms with Gasteiger partial charge in [0.2, 0.25) is 0 Å². The lowest BCUT2D eigenvalue weighted by Gasteiger charge is -2.12. The minimum atomic E-state index is -1.29. The predicted octanol–water partition coefficient (Wildman–Crippen LogP) is -0.365. The summed E-state index contributed by atoms with van der Waals surface area (Å²) in [7, 11) is 0. The lowest BCUT2D eigenvalue weighted by Crippen LogP contribution is -2.48. The van der Waals surface area contributed by atoms with E-state index in [2.05, 4.69) is 15.7 Å². The van der Waals surface area contributed by atoms with E-state index in [1.165, 1.54) is 0 Å². The number of urea groups is 1. The van der Waals surface area contributed by atoms with Crippen molar-refractivity contribution in [3.05, 3.63) is 17.5 Å². The smallest absolute Gasteiger partial charge is 0.328 e. The van der Waals surface area contributed by atoms with E-state index in [0.29, 0.717) is 19.5 Å². The van der Waals surface area contributed by atoms with Crippen molar-refractivity contribution in [2.45, 2.75) is 32.9 Å². The summed E-state index contributed by atoms with van der Waals surface area (Å²) in [6.07, 6.45) is 0.673. The highest BCUT2D eigenvalue weighted by molar-refractivity contribution is 5.82. The van der Waals surface area contributed by atoms with Crippen LogP contribution in [-0.2, 0) is 11.3 Å². The second-order valence-corrected chi connectivity index (χ2v) is 4.48. The molecule has 1 heterocycles. The maximum absolute atomic E-state index is 11.4. The third kappa shape index (κ3) is 4.88. The Morgan fingerprint density at radius 1 is 1.45 bits per heavy atom. The molecule has 0 spiro atoms. The number of aryl methyl sites for hydroxylation is 3. The lowest BCUT2D eigenvalue weighted by atomic mass is 10.3. The van der Waals surface area contributed by atoms with Gasteiger partial charge in [0.1, 0.15) is 0 Å². The van der Waals surface area contributed by atoms with Crippen molar-refractivity contribution in [1.29, 1.82) is 0 Å². The number of carboxylic acids is 1. The van der Waals surface area contributed by atoms with Gasteiger partial charge in [-0.1, -0.05) is 0 Å². The number of aliphatic hydroxyl groups is 1. The fourth-order valence-electron chi connectivity index (χ4n) is 1.73. The SMILES string of the molecule is Cc1cc(C)n(CCCNC(=O)N[C@H](CO)C(=O)O)n1. The molecule has 8 heteroatoms. The fraction of sp³-hybridized carbons (Fsp3) is 0.583. The van der Waals surface area contributed by atoms with E-state index in [-0.39, 0.29) is 0 Å². The van der Waals surface area contributed by atoms with Crippen LogP contribution in [0, 0.1) is 13.8 Å². The normalized spacial score (nSPS) is 11.9. The van der Waals surface area contributed by atoms with Crippen molar-refractivity contribution in [3.8, 4) is 0 Å². The first-order valence-corrected chi connectivity index (χ1v) is 6.33. The van der Waals surface area contributed by atoms with Crippen molar-refractivity contribution >= 4 is 12.0 Å². The third-order valence-electron chi connectivity index (χ3n) is 2.72. The summed E-state index contributed by atoms with van der Waals surface area (Å²) in [4.78, 5) is 22.0. The molecule has 0 saturated carbocycles. The number of aliphatic carboxylic acids is 1. The largest absolute Gasteiger partial charge is 0.480 e. The number of aromatic nitrogens is 2. The Kier molecular flexibility index (Phi) is 5.98. The van der Waals surface area contributed by atoms with E-state index in [9.17, 15) is 9.59 Å². The highest BCUT2D eigenvalue weighted by Gasteiger charge is 2.17. The molecule has 1 aromatic heterocycles. The highest BCUT2D eigenvalue weighted by Crippen LogP contribution is 2.02. The van der Waals surface area contributed by atoms with Gasteiger partial charge in [-0.3, -0.25) is 4.68 Å². The molecule has 8 nitrogen and oxygen atoms in total. The Bertz CT molecular complexity index is 472. The first-order valence-electron chi connectivity index (χ1n) is 6.33. The van der Waals surface area contributed by atoms with Crippen LogP contribution in [0.15, 0.2) is 6.07 Å². The minimum Gasteiger partial charge on any atom is -0.480 e. The zero-order valence-electron chi connectivity index (χ0n) is 11.6. The molecule has 0 radical (unpaired) electrons. The molecule has 1 rings (SSSR count). The van der Waals surface area contributed by atoms with Gasteiger partial charge < -0.3 is 20.8 Å². The van der Waals surface area contributed by atoms with Crippen molar-refractivity contribution in [1.82, 2.24) is 20.4 Å². The molecule has 0 saturated heterocycles. The maximum atomic E-state index is 11.4. The molecule has 20 heavy (non-hydrogen) atoms. The second kappa shape index (κ2) is 7.49. The molecule has 0 bridgehead atoms. The van der Waals surface area contributed by atoms with Crippen molar-refractivity contribution in [2.75, 3.05) is 13.2 Å². The van der Waals surface area contributed by atoms with Crippen LogP contribution in [-0.4, -0.2) is 51.2 Å². The van der Waals surface area contributed by atoms with E-state index in [0.717, 1.165) is 11.4 Å². The number of amides is 2. The van der Waals surface area contributed by atoms with Gasteiger partial charge >= 0.3 is 12.0 Å². The van der Waals surface area contributed by atoms with E-state index < -0.39 is 24.6 Å². The number of carbonyl (C=O) groups excluding carboxylic acids is 1. The van der Waals surface area contributed by atoms with E-state index in [4.69, 9.17) is 10.2 Å². The summed E-state index contributed by atoms with van der Waals surface area (Å²) in [5.41, 5.74) is 2.00. The molecule has 2 amide bonds. The molecule has 0 aromatic carbocycles. The molecule has 4 N–H and O–H groups in total. The molecule has 0 aliphatic heterocycles. The summed E-state index contributed by atoms with van der Waals surface area (Å²) >= 11 is 0. The van der Waals surface area contributed by atoms with Crippen molar-refractivity contribution in [2.24, 2.45) is 0 Å².